The van der Waals surface area contributed by atoms with Crippen LogP contribution in [0, 0.1) is 0 Å². The van der Waals surface area contributed by atoms with Crippen molar-refractivity contribution in [3.63, 3.8) is 0 Å². The van der Waals surface area contributed by atoms with Crippen LogP contribution in [0.25, 0.3) is 5.57 Å². The van der Waals surface area contributed by atoms with Gasteiger partial charge in [-0.2, -0.15) is 0 Å². The number of hydrogen-bond acceptors (Lipinski definition) is 1. The van der Waals surface area contributed by atoms with E-state index in [9.17, 15) is 5.11 Å². The zero-order chi connectivity index (χ0) is 13.9. The molecule has 0 aromatic heterocycles. The Kier molecular flexibility index (Phi) is 4.04. The van der Waals surface area contributed by atoms with E-state index in [1.54, 1.807) is 0 Å². The van der Waals surface area contributed by atoms with Gasteiger partial charge in [-0.1, -0.05) is 70.5 Å². The Bertz CT molecular complexity index is 645. The topological polar surface area (TPSA) is 20.2 Å². The number of benzene rings is 2. The quantitative estimate of drug-likeness (QED) is 0.805. The number of alkyl halides is 1. The first kappa shape index (κ1) is 13.6. The summed E-state index contributed by atoms with van der Waals surface area (Å²) in [4.78, 5) is 0. The third-order valence-corrected chi connectivity index (χ3v) is 4.25. The number of aliphatic hydroxyl groups excluding tert-OH is 1. The average molecular weight is 329 g/mol. The van der Waals surface area contributed by atoms with E-state index in [1.165, 1.54) is 16.7 Å². The number of halogens is 1. The summed E-state index contributed by atoms with van der Waals surface area (Å²) in [6, 6.07) is 16.6. The van der Waals surface area contributed by atoms with Crippen LogP contribution in [0.3, 0.4) is 0 Å². The third-order valence-electron chi connectivity index (χ3n) is 3.79. The minimum atomic E-state index is -0.428. The fraction of sp³-hybridized carbons (Fsp3) is 0.222. The standard InChI is InChI=1S/C18H17BrO/c19-11-5-10-15-14-7-2-1-6-13(14)12-18(20)17-9-4-3-8-16(15)17/h1-4,6-10,18,20H,5,11-12H2/b15-10-/t18-/m0/s1. The van der Waals surface area contributed by atoms with Crippen molar-refractivity contribution >= 4 is 21.5 Å². The molecule has 2 aromatic rings. The Labute approximate surface area is 128 Å². The predicted octanol–water partition coefficient (Wildman–Crippen LogP) is 4.49. The van der Waals surface area contributed by atoms with Crippen LogP contribution >= 0.6 is 15.9 Å². The summed E-state index contributed by atoms with van der Waals surface area (Å²) in [5, 5.41) is 11.4. The number of hydrogen-bond donors (Lipinski definition) is 1. The molecule has 1 nitrogen and oxygen atoms in total. The van der Waals surface area contributed by atoms with Crippen LogP contribution in [0.15, 0.2) is 54.6 Å². The molecular formula is C18H17BrO. The molecule has 0 saturated carbocycles. The van der Waals surface area contributed by atoms with Gasteiger partial charge in [-0.05, 0) is 34.2 Å². The van der Waals surface area contributed by atoms with Gasteiger partial charge in [0.15, 0.2) is 0 Å². The zero-order valence-corrected chi connectivity index (χ0v) is 12.8. The highest BCUT2D eigenvalue weighted by atomic mass is 79.9. The van der Waals surface area contributed by atoms with E-state index < -0.39 is 6.10 Å². The third kappa shape index (κ3) is 2.46. The Hall–Kier alpha value is -1.38. The Morgan fingerprint density at radius 3 is 2.55 bits per heavy atom. The second-order valence-corrected chi connectivity index (χ2v) is 5.85. The largest absolute Gasteiger partial charge is 0.388 e. The van der Waals surface area contributed by atoms with Crippen LogP contribution in [0.5, 0.6) is 0 Å². The second kappa shape index (κ2) is 5.94. The van der Waals surface area contributed by atoms with Crippen LogP contribution in [0.4, 0.5) is 0 Å². The van der Waals surface area contributed by atoms with E-state index in [1.807, 2.05) is 24.3 Å². The van der Waals surface area contributed by atoms with Crippen molar-refractivity contribution in [2.75, 3.05) is 5.33 Å². The van der Waals surface area contributed by atoms with Gasteiger partial charge in [0, 0.05) is 11.8 Å². The minimum Gasteiger partial charge on any atom is -0.388 e. The predicted molar refractivity (Wildman–Crippen MR) is 87.0 cm³/mol. The molecule has 0 amide bonds. The first-order chi connectivity index (χ1) is 9.81. The van der Waals surface area contributed by atoms with Crippen molar-refractivity contribution in [3.8, 4) is 0 Å². The van der Waals surface area contributed by atoms with Gasteiger partial charge >= 0.3 is 0 Å². The molecular weight excluding hydrogens is 312 g/mol. The van der Waals surface area contributed by atoms with Gasteiger partial charge in [0.2, 0.25) is 0 Å². The molecule has 1 aliphatic rings. The van der Waals surface area contributed by atoms with Crippen molar-refractivity contribution in [1.82, 2.24) is 0 Å². The van der Waals surface area contributed by atoms with Gasteiger partial charge in [-0.3, -0.25) is 0 Å². The summed E-state index contributed by atoms with van der Waals surface area (Å²) in [6.45, 7) is 0. The minimum absolute atomic E-state index is 0.428. The molecule has 1 aliphatic carbocycles. The van der Waals surface area contributed by atoms with Gasteiger partial charge in [0.25, 0.3) is 0 Å². The SMILES string of the molecule is O[C@H]1Cc2ccccc2/C(=C/CCBr)c2ccccc21. The highest BCUT2D eigenvalue weighted by Gasteiger charge is 2.22. The molecule has 0 spiro atoms. The maximum Gasteiger partial charge on any atom is 0.0836 e. The lowest BCUT2D eigenvalue weighted by Gasteiger charge is -2.12. The Morgan fingerprint density at radius 1 is 1.05 bits per heavy atom. The van der Waals surface area contributed by atoms with E-state index in [0.717, 1.165) is 22.9 Å². The molecule has 1 N–H and O–H groups in total. The number of aliphatic hydroxyl groups is 1. The maximum absolute atomic E-state index is 10.5. The average Bonchev–Trinajstić information content (AvgIpc) is 2.60. The highest BCUT2D eigenvalue weighted by Crippen LogP contribution is 2.37. The van der Waals surface area contributed by atoms with Crippen molar-refractivity contribution in [2.45, 2.75) is 18.9 Å². The van der Waals surface area contributed by atoms with Crippen LogP contribution in [0.2, 0.25) is 0 Å². The molecule has 102 valence electrons. The Morgan fingerprint density at radius 2 is 1.75 bits per heavy atom. The first-order valence-electron chi connectivity index (χ1n) is 6.93. The van der Waals surface area contributed by atoms with Crippen LogP contribution < -0.4 is 0 Å². The summed E-state index contributed by atoms with van der Waals surface area (Å²) >= 11 is 3.49. The van der Waals surface area contributed by atoms with Gasteiger partial charge in [0.1, 0.15) is 0 Å². The second-order valence-electron chi connectivity index (χ2n) is 5.06. The van der Waals surface area contributed by atoms with Crippen LogP contribution in [-0.4, -0.2) is 10.4 Å². The van der Waals surface area contributed by atoms with Gasteiger partial charge in [-0.15, -0.1) is 0 Å². The highest BCUT2D eigenvalue weighted by molar-refractivity contribution is 9.09. The summed E-state index contributed by atoms with van der Waals surface area (Å²) in [6.07, 6.45) is 3.50. The number of allylic oxidation sites excluding steroid dienone is 1. The van der Waals surface area contributed by atoms with Crippen molar-refractivity contribution < 1.29 is 5.11 Å². The molecule has 0 fully saturated rings. The molecule has 0 radical (unpaired) electrons. The van der Waals surface area contributed by atoms with E-state index in [0.29, 0.717) is 6.42 Å². The summed E-state index contributed by atoms with van der Waals surface area (Å²) in [5.41, 5.74) is 5.90. The summed E-state index contributed by atoms with van der Waals surface area (Å²) in [5.74, 6) is 0. The van der Waals surface area contributed by atoms with Crippen molar-refractivity contribution in [2.24, 2.45) is 0 Å². The maximum atomic E-state index is 10.5. The van der Waals surface area contributed by atoms with Gasteiger partial charge in [0.05, 0.1) is 6.10 Å². The molecule has 3 rings (SSSR count). The van der Waals surface area contributed by atoms with E-state index in [-0.39, 0.29) is 0 Å². The van der Waals surface area contributed by atoms with E-state index >= 15 is 0 Å². The van der Waals surface area contributed by atoms with Crippen LogP contribution in [0.1, 0.15) is 34.8 Å². The van der Waals surface area contributed by atoms with Gasteiger partial charge in [-0.25, -0.2) is 0 Å². The fourth-order valence-corrected chi connectivity index (χ4v) is 3.10. The fourth-order valence-electron chi connectivity index (χ4n) is 2.88. The molecule has 0 bridgehead atoms. The molecule has 0 heterocycles. The molecule has 1 atom stereocenters. The zero-order valence-electron chi connectivity index (χ0n) is 11.2. The Balaban J connectivity index is 2.24. The molecule has 0 aliphatic heterocycles. The lowest BCUT2D eigenvalue weighted by Crippen LogP contribution is -2.01. The van der Waals surface area contributed by atoms with Crippen molar-refractivity contribution in [1.29, 1.82) is 0 Å². The van der Waals surface area contributed by atoms with Crippen LogP contribution in [-0.2, 0) is 6.42 Å². The summed E-state index contributed by atoms with van der Waals surface area (Å²) in [7, 11) is 0. The molecule has 20 heavy (non-hydrogen) atoms. The van der Waals surface area contributed by atoms with Gasteiger partial charge < -0.3 is 5.11 Å². The lowest BCUT2D eigenvalue weighted by atomic mass is 9.93. The smallest absolute Gasteiger partial charge is 0.0836 e. The number of fused-ring (bicyclic) bond motifs is 2. The first-order valence-corrected chi connectivity index (χ1v) is 8.05. The number of rotatable bonds is 2. The molecule has 2 aromatic carbocycles. The lowest BCUT2D eigenvalue weighted by molar-refractivity contribution is 0.179. The molecule has 2 heteroatoms. The molecule has 0 unspecified atom stereocenters. The van der Waals surface area contributed by atoms with E-state index in [2.05, 4.69) is 46.3 Å². The monoisotopic (exact) mass is 328 g/mol. The summed E-state index contributed by atoms with van der Waals surface area (Å²) < 4.78 is 0. The normalized spacial score (nSPS) is 19.3. The van der Waals surface area contributed by atoms with E-state index in [4.69, 9.17) is 0 Å². The van der Waals surface area contributed by atoms with Crippen molar-refractivity contribution in [3.05, 3.63) is 76.9 Å². The molecule has 0 saturated heterocycles.